The number of nitrogens with zero attached hydrogens (tertiary/aromatic N) is 1. The number of hydrogen-bond donors (Lipinski definition) is 1. The van der Waals surface area contributed by atoms with E-state index in [1.165, 1.54) is 18.3 Å². The van der Waals surface area contributed by atoms with Gasteiger partial charge in [0.2, 0.25) is 10.0 Å². The molecule has 0 amide bonds. The van der Waals surface area contributed by atoms with E-state index in [0.29, 0.717) is 10.6 Å². The van der Waals surface area contributed by atoms with Gasteiger partial charge in [-0.15, -0.1) is 0 Å². The molecule has 0 atom stereocenters. The van der Waals surface area contributed by atoms with Crippen molar-refractivity contribution in [2.24, 2.45) is 5.14 Å². The molecule has 1 aromatic carbocycles. The molecule has 1 aromatic heterocycles. The molecule has 0 aliphatic heterocycles. The Morgan fingerprint density at radius 3 is 2.29 bits per heavy atom. The molecule has 1 heterocycles. The predicted molar refractivity (Wildman–Crippen MR) is 81.4 cm³/mol. The number of benzene rings is 1. The lowest BCUT2D eigenvalue weighted by molar-refractivity contribution is 0.306. The number of nitrogens with two attached hydrogens (primary N) is 1. The number of ether oxygens (including phenoxy) is 1. The first kappa shape index (κ1) is 16.3. The van der Waals surface area contributed by atoms with Crippen LogP contribution in [0.15, 0.2) is 35.5 Å². The van der Waals surface area contributed by atoms with E-state index in [9.17, 15) is 8.42 Å². The van der Waals surface area contributed by atoms with E-state index in [-0.39, 0.29) is 27.3 Å². The fourth-order valence-electron chi connectivity index (χ4n) is 1.51. The van der Waals surface area contributed by atoms with Crippen molar-refractivity contribution in [3.05, 3.63) is 51.2 Å². The fraction of sp³-hybridized carbons (Fsp3) is 0.0833. The second-order valence-electron chi connectivity index (χ2n) is 4.02. The van der Waals surface area contributed by atoms with Crippen molar-refractivity contribution in [1.82, 2.24) is 4.98 Å². The first-order valence-corrected chi connectivity index (χ1v) is 8.20. The first-order valence-electron chi connectivity index (χ1n) is 5.52. The van der Waals surface area contributed by atoms with Crippen LogP contribution in [-0.4, -0.2) is 13.4 Å². The SMILES string of the molecule is NS(=O)(=O)c1cc(Cl)c(OCc2ccncc2Cl)c(Cl)c1. The largest absolute Gasteiger partial charge is 0.486 e. The molecule has 0 unspecified atom stereocenters. The minimum Gasteiger partial charge on any atom is -0.486 e. The van der Waals surface area contributed by atoms with Crippen molar-refractivity contribution in [1.29, 1.82) is 0 Å². The maximum Gasteiger partial charge on any atom is 0.238 e. The summed E-state index contributed by atoms with van der Waals surface area (Å²) in [6.07, 6.45) is 3.05. The highest BCUT2D eigenvalue weighted by Crippen LogP contribution is 2.36. The summed E-state index contributed by atoms with van der Waals surface area (Å²) in [5, 5.41) is 5.53. The van der Waals surface area contributed by atoms with Crippen LogP contribution < -0.4 is 9.88 Å². The van der Waals surface area contributed by atoms with Gasteiger partial charge in [0, 0.05) is 18.0 Å². The lowest BCUT2D eigenvalue weighted by atomic mass is 10.3. The Morgan fingerprint density at radius 1 is 1.14 bits per heavy atom. The Bertz CT molecular complexity index is 758. The van der Waals surface area contributed by atoms with Gasteiger partial charge in [0.15, 0.2) is 5.75 Å². The fourth-order valence-corrected chi connectivity index (χ4v) is 2.97. The van der Waals surface area contributed by atoms with Crippen LogP contribution in [0.5, 0.6) is 5.75 Å². The molecule has 0 saturated heterocycles. The molecule has 2 aromatic rings. The highest BCUT2D eigenvalue weighted by atomic mass is 35.5. The zero-order valence-corrected chi connectivity index (χ0v) is 13.5. The van der Waals surface area contributed by atoms with Gasteiger partial charge < -0.3 is 4.74 Å². The van der Waals surface area contributed by atoms with Crippen molar-refractivity contribution < 1.29 is 13.2 Å². The third kappa shape index (κ3) is 3.99. The Balaban J connectivity index is 2.28. The molecule has 2 N–H and O–H groups in total. The van der Waals surface area contributed by atoms with Crippen LogP contribution in [0.1, 0.15) is 5.56 Å². The summed E-state index contributed by atoms with van der Waals surface area (Å²) in [5.41, 5.74) is 0.689. The molecule has 21 heavy (non-hydrogen) atoms. The quantitative estimate of drug-likeness (QED) is 0.899. The van der Waals surface area contributed by atoms with E-state index in [1.54, 1.807) is 12.3 Å². The van der Waals surface area contributed by atoms with E-state index in [4.69, 9.17) is 44.7 Å². The molecule has 9 heteroatoms. The van der Waals surface area contributed by atoms with Gasteiger partial charge in [0.25, 0.3) is 0 Å². The summed E-state index contributed by atoms with van der Waals surface area (Å²) in [7, 11) is -3.89. The van der Waals surface area contributed by atoms with Crippen LogP contribution in [0.25, 0.3) is 0 Å². The minimum absolute atomic E-state index is 0.0386. The molecule has 0 aliphatic carbocycles. The normalized spacial score (nSPS) is 11.4. The van der Waals surface area contributed by atoms with Crippen molar-refractivity contribution in [3.8, 4) is 5.75 Å². The van der Waals surface area contributed by atoms with Gasteiger partial charge in [-0.1, -0.05) is 34.8 Å². The number of hydrogen-bond acceptors (Lipinski definition) is 4. The molecule has 0 bridgehead atoms. The zero-order chi connectivity index (χ0) is 15.6. The number of aromatic nitrogens is 1. The number of halogens is 3. The number of primary sulfonamides is 1. The zero-order valence-electron chi connectivity index (χ0n) is 10.4. The third-order valence-corrected chi connectivity index (χ3v) is 4.32. The smallest absolute Gasteiger partial charge is 0.238 e. The molecule has 0 fully saturated rings. The molecular weight excluding hydrogens is 359 g/mol. The Labute approximate surface area is 136 Å². The third-order valence-electron chi connectivity index (χ3n) is 2.53. The average Bonchev–Trinajstić information content (AvgIpc) is 2.38. The van der Waals surface area contributed by atoms with Gasteiger partial charge >= 0.3 is 0 Å². The van der Waals surface area contributed by atoms with E-state index < -0.39 is 10.0 Å². The van der Waals surface area contributed by atoms with Gasteiger partial charge in [-0.2, -0.15) is 0 Å². The first-order chi connectivity index (χ1) is 9.79. The van der Waals surface area contributed by atoms with Crippen LogP contribution >= 0.6 is 34.8 Å². The maximum atomic E-state index is 11.3. The second kappa shape index (κ2) is 6.37. The number of rotatable bonds is 4. The standard InChI is InChI=1S/C12H9Cl3N2O3S/c13-9-3-8(21(16,18)19)4-10(14)12(9)20-6-7-1-2-17-5-11(7)15/h1-5H,6H2,(H2,16,18,19). The summed E-state index contributed by atoms with van der Waals surface area (Å²) in [4.78, 5) is 3.67. The van der Waals surface area contributed by atoms with Crippen molar-refractivity contribution in [3.63, 3.8) is 0 Å². The van der Waals surface area contributed by atoms with E-state index in [0.717, 1.165) is 0 Å². The minimum atomic E-state index is -3.89. The Kier molecular flexibility index (Phi) is 4.95. The second-order valence-corrected chi connectivity index (χ2v) is 6.80. The molecule has 0 aliphatic rings. The maximum absolute atomic E-state index is 11.3. The van der Waals surface area contributed by atoms with E-state index >= 15 is 0 Å². The van der Waals surface area contributed by atoms with Gasteiger partial charge in [-0.05, 0) is 18.2 Å². The van der Waals surface area contributed by atoms with Crippen molar-refractivity contribution in [2.45, 2.75) is 11.5 Å². The van der Waals surface area contributed by atoms with Gasteiger partial charge in [-0.25, -0.2) is 13.6 Å². The van der Waals surface area contributed by atoms with Crippen molar-refractivity contribution >= 4 is 44.8 Å². The monoisotopic (exact) mass is 366 g/mol. The van der Waals surface area contributed by atoms with Gasteiger partial charge in [-0.3, -0.25) is 4.98 Å². The summed E-state index contributed by atoms with van der Waals surface area (Å²) in [5.74, 6) is 0.151. The molecule has 0 spiro atoms. The Morgan fingerprint density at radius 2 is 1.76 bits per heavy atom. The van der Waals surface area contributed by atoms with Crippen LogP contribution in [0.2, 0.25) is 15.1 Å². The van der Waals surface area contributed by atoms with Crippen molar-refractivity contribution in [2.75, 3.05) is 0 Å². The molecule has 0 radical (unpaired) electrons. The van der Waals surface area contributed by atoms with Crippen LogP contribution in [0.3, 0.4) is 0 Å². The number of pyridine rings is 1. The summed E-state index contributed by atoms with van der Waals surface area (Å²) in [6, 6.07) is 4.03. The summed E-state index contributed by atoms with van der Waals surface area (Å²) >= 11 is 17.9. The lowest BCUT2D eigenvalue weighted by Gasteiger charge is -2.12. The highest BCUT2D eigenvalue weighted by molar-refractivity contribution is 7.89. The predicted octanol–water partition coefficient (Wildman–Crippen LogP) is 3.27. The van der Waals surface area contributed by atoms with Crippen LogP contribution in [0, 0.1) is 0 Å². The highest BCUT2D eigenvalue weighted by Gasteiger charge is 2.16. The molecule has 5 nitrogen and oxygen atoms in total. The molecular formula is C12H9Cl3N2O3S. The Hall–Kier alpha value is -1.05. The lowest BCUT2D eigenvalue weighted by Crippen LogP contribution is -2.12. The van der Waals surface area contributed by atoms with Gasteiger partial charge in [0.05, 0.1) is 20.0 Å². The van der Waals surface area contributed by atoms with Crippen LogP contribution in [0.4, 0.5) is 0 Å². The summed E-state index contributed by atoms with van der Waals surface area (Å²) in [6.45, 7) is 0.107. The molecule has 2 rings (SSSR count). The van der Waals surface area contributed by atoms with Gasteiger partial charge in [0.1, 0.15) is 6.61 Å². The van der Waals surface area contributed by atoms with E-state index in [1.807, 2.05) is 0 Å². The summed E-state index contributed by atoms with van der Waals surface area (Å²) < 4.78 is 28.0. The average molecular weight is 368 g/mol. The topological polar surface area (TPSA) is 82.3 Å². The molecule has 0 saturated carbocycles. The van der Waals surface area contributed by atoms with E-state index in [2.05, 4.69) is 4.98 Å². The molecule has 112 valence electrons. The number of sulfonamides is 1. The van der Waals surface area contributed by atoms with Crippen LogP contribution in [-0.2, 0) is 16.6 Å².